The molecule has 6 heteroatoms. The third-order valence-electron chi connectivity index (χ3n) is 4.89. The van der Waals surface area contributed by atoms with Crippen LogP contribution in [0.15, 0.2) is 6.20 Å². The second-order valence-corrected chi connectivity index (χ2v) is 8.55. The SMILES string of the molecule is CC(C)(C)c1cn2nc(N3CC[C@H](N4CCCC4)C3)sc2n1. The van der Waals surface area contributed by atoms with Crippen LogP contribution < -0.4 is 4.90 Å². The van der Waals surface area contributed by atoms with E-state index in [4.69, 9.17) is 10.1 Å². The summed E-state index contributed by atoms with van der Waals surface area (Å²) in [6.45, 7) is 11.4. The summed E-state index contributed by atoms with van der Waals surface area (Å²) in [6, 6.07) is 0.726. The Bertz CT molecular complexity index is 630. The van der Waals surface area contributed by atoms with Crippen LogP contribution in [-0.4, -0.2) is 51.7 Å². The second-order valence-electron chi connectivity index (χ2n) is 7.62. The molecular formula is C16H25N5S. The smallest absolute Gasteiger partial charge is 0.214 e. The molecule has 0 N–H and O–H groups in total. The number of rotatable bonds is 2. The van der Waals surface area contributed by atoms with Crippen LogP contribution in [0.1, 0.15) is 45.7 Å². The lowest BCUT2D eigenvalue weighted by molar-refractivity contribution is 0.260. The summed E-state index contributed by atoms with van der Waals surface area (Å²) in [7, 11) is 0. The fourth-order valence-electron chi connectivity index (χ4n) is 3.50. The van der Waals surface area contributed by atoms with E-state index in [0.717, 1.165) is 34.9 Å². The van der Waals surface area contributed by atoms with Gasteiger partial charge in [-0.15, -0.1) is 5.10 Å². The first-order valence-corrected chi connectivity index (χ1v) is 9.18. The van der Waals surface area contributed by atoms with Gasteiger partial charge in [-0.05, 0) is 32.4 Å². The van der Waals surface area contributed by atoms with Gasteiger partial charge in [0, 0.05) is 24.5 Å². The van der Waals surface area contributed by atoms with Gasteiger partial charge >= 0.3 is 0 Å². The Kier molecular flexibility index (Phi) is 3.42. The average Bonchev–Trinajstić information content (AvgIpc) is 3.20. The van der Waals surface area contributed by atoms with Crippen LogP contribution in [0.25, 0.3) is 4.96 Å². The fraction of sp³-hybridized carbons (Fsp3) is 0.750. The van der Waals surface area contributed by atoms with Gasteiger partial charge in [0.1, 0.15) is 0 Å². The molecule has 2 aromatic rings. The molecule has 4 heterocycles. The lowest BCUT2D eigenvalue weighted by atomic mass is 9.93. The van der Waals surface area contributed by atoms with E-state index < -0.39 is 0 Å². The van der Waals surface area contributed by atoms with Crippen molar-refractivity contribution in [3.05, 3.63) is 11.9 Å². The van der Waals surface area contributed by atoms with E-state index in [1.165, 1.54) is 32.4 Å². The molecule has 5 nitrogen and oxygen atoms in total. The molecule has 2 saturated heterocycles. The molecular weight excluding hydrogens is 294 g/mol. The predicted octanol–water partition coefficient (Wildman–Crippen LogP) is 2.76. The molecule has 0 aromatic carbocycles. The fourth-order valence-corrected chi connectivity index (χ4v) is 4.42. The van der Waals surface area contributed by atoms with Crippen molar-refractivity contribution in [2.45, 2.75) is 51.5 Å². The third-order valence-corrected chi connectivity index (χ3v) is 5.88. The molecule has 0 aliphatic carbocycles. The number of anilines is 1. The van der Waals surface area contributed by atoms with Crippen molar-refractivity contribution in [3.63, 3.8) is 0 Å². The summed E-state index contributed by atoms with van der Waals surface area (Å²) in [4.78, 5) is 10.9. The molecule has 0 bridgehead atoms. The van der Waals surface area contributed by atoms with Gasteiger partial charge in [0.05, 0.1) is 11.9 Å². The van der Waals surface area contributed by atoms with Crippen molar-refractivity contribution >= 4 is 21.4 Å². The minimum absolute atomic E-state index is 0.0854. The number of hydrogen-bond acceptors (Lipinski definition) is 5. The normalized spacial score (nSPS) is 24.0. The van der Waals surface area contributed by atoms with Crippen LogP contribution in [0.5, 0.6) is 0 Å². The van der Waals surface area contributed by atoms with Gasteiger partial charge in [0.25, 0.3) is 0 Å². The summed E-state index contributed by atoms with van der Waals surface area (Å²) in [6.07, 6.45) is 6.10. The Morgan fingerprint density at radius 3 is 2.64 bits per heavy atom. The summed E-state index contributed by atoms with van der Waals surface area (Å²) in [5.74, 6) is 0. The predicted molar refractivity (Wildman–Crippen MR) is 91.0 cm³/mol. The molecule has 0 amide bonds. The summed E-state index contributed by atoms with van der Waals surface area (Å²) in [5.41, 5.74) is 1.20. The molecule has 0 saturated carbocycles. The lowest BCUT2D eigenvalue weighted by Gasteiger charge is -2.23. The lowest BCUT2D eigenvalue weighted by Crippen LogP contribution is -2.35. The Hall–Kier alpha value is -1.14. The highest BCUT2D eigenvalue weighted by Crippen LogP contribution is 2.30. The van der Waals surface area contributed by atoms with E-state index in [-0.39, 0.29) is 5.41 Å². The third kappa shape index (κ3) is 2.52. The number of aromatic nitrogens is 3. The first-order chi connectivity index (χ1) is 10.5. The van der Waals surface area contributed by atoms with E-state index >= 15 is 0 Å². The zero-order valence-corrected chi connectivity index (χ0v) is 14.6. The van der Waals surface area contributed by atoms with Crippen molar-refractivity contribution in [2.24, 2.45) is 0 Å². The molecule has 4 rings (SSSR count). The van der Waals surface area contributed by atoms with Crippen molar-refractivity contribution in [1.82, 2.24) is 19.5 Å². The topological polar surface area (TPSA) is 36.7 Å². The highest BCUT2D eigenvalue weighted by atomic mass is 32.1. The number of nitrogens with zero attached hydrogens (tertiary/aromatic N) is 5. The van der Waals surface area contributed by atoms with Gasteiger partial charge in [0.15, 0.2) is 0 Å². The van der Waals surface area contributed by atoms with Crippen molar-refractivity contribution < 1.29 is 0 Å². The Morgan fingerprint density at radius 2 is 1.95 bits per heavy atom. The van der Waals surface area contributed by atoms with Crippen LogP contribution in [0.2, 0.25) is 0 Å². The van der Waals surface area contributed by atoms with Crippen LogP contribution in [-0.2, 0) is 5.41 Å². The molecule has 2 aliphatic rings. The molecule has 22 heavy (non-hydrogen) atoms. The van der Waals surface area contributed by atoms with Crippen molar-refractivity contribution in [3.8, 4) is 0 Å². The highest BCUT2D eigenvalue weighted by Gasteiger charge is 2.31. The maximum atomic E-state index is 4.77. The molecule has 0 spiro atoms. The number of fused-ring (bicyclic) bond motifs is 1. The minimum atomic E-state index is 0.0854. The van der Waals surface area contributed by atoms with Crippen molar-refractivity contribution in [2.75, 3.05) is 31.1 Å². The van der Waals surface area contributed by atoms with E-state index in [1.807, 2.05) is 4.52 Å². The van der Waals surface area contributed by atoms with E-state index in [9.17, 15) is 0 Å². The first-order valence-electron chi connectivity index (χ1n) is 8.36. The summed E-state index contributed by atoms with van der Waals surface area (Å²) >= 11 is 1.72. The number of hydrogen-bond donors (Lipinski definition) is 0. The van der Waals surface area contributed by atoms with Gasteiger partial charge in [-0.2, -0.15) is 0 Å². The van der Waals surface area contributed by atoms with E-state index in [1.54, 1.807) is 11.3 Å². The average molecular weight is 319 g/mol. The molecule has 1 atom stereocenters. The summed E-state index contributed by atoms with van der Waals surface area (Å²) < 4.78 is 1.96. The van der Waals surface area contributed by atoms with Crippen LogP contribution in [0.4, 0.5) is 5.13 Å². The Labute approximate surface area is 135 Å². The van der Waals surface area contributed by atoms with Gasteiger partial charge < -0.3 is 4.90 Å². The van der Waals surface area contributed by atoms with Crippen LogP contribution in [0.3, 0.4) is 0 Å². The standard InChI is InChI=1S/C16H25N5S/c1-16(2,3)13-11-21-14(17-13)22-15(18-21)20-9-6-12(10-20)19-7-4-5-8-19/h11-12H,4-10H2,1-3H3/t12-/m0/s1. The quantitative estimate of drug-likeness (QED) is 0.853. The van der Waals surface area contributed by atoms with Gasteiger partial charge in [-0.3, -0.25) is 4.90 Å². The molecule has 120 valence electrons. The largest absolute Gasteiger partial charge is 0.345 e. The van der Waals surface area contributed by atoms with Crippen molar-refractivity contribution in [1.29, 1.82) is 0 Å². The maximum Gasteiger partial charge on any atom is 0.214 e. The Balaban J connectivity index is 1.51. The maximum absolute atomic E-state index is 4.77. The van der Waals surface area contributed by atoms with E-state index in [2.05, 4.69) is 36.8 Å². The van der Waals surface area contributed by atoms with Crippen LogP contribution in [0, 0.1) is 0 Å². The zero-order valence-electron chi connectivity index (χ0n) is 13.7. The second kappa shape index (κ2) is 5.20. The first kappa shape index (κ1) is 14.5. The zero-order chi connectivity index (χ0) is 15.3. The molecule has 2 aromatic heterocycles. The van der Waals surface area contributed by atoms with Gasteiger partial charge in [-0.1, -0.05) is 32.1 Å². The molecule has 0 radical (unpaired) electrons. The summed E-state index contributed by atoms with van der Waals surface area (Å²) in [5, 5.41) is 5.90. The van der Waals surface area contributed by atoms with Crippen LogP contribution >= 0.6 is 11.3 Å². The minimum Gasteiger partial charge on any atom is -0.345 e. The number of likely N-dealkylation sites (tertiary alicyclic amines) is 1. The monoisotopic (exact) mass is 319 g/mol. The van der Waals surface area contributed by atoms with Gasteiger partial charge in [-0.25, -0.2) is 9.50 Å². The molecule has 2 fully saturated rings. The molecule has 2 aliphatic heterocycles. The van der Waals surface area contributed by atoms with Gasteiger partial charge in [0.2, 0.25) is 10.1 Å². The Morgan fingerprint density at radius 1 is 1.18 bits per heavy atom. The molecule has 0 unspecified atom stereocenters. The number of imidazole rings is 1. The highest BCUT2D eigenvalue weighted by molar-refractivity contribution is 7.20. The van der Waals surface area contributed by atoms with E-state index in [0.29, 0.717) is 0 Å².